The van der Waals surface area contributed by atoms with Crippen molar-refractivity contribution < 1.29 is 0 Å². The molecule has 2 rings (SSSR count). The number of benzene rings is 1. The Morgan fingerprint density at radius 2 is 2.36 bits per heavy atom. The van der Waals surface area contributed by atoms with Gasteiger partial charge in [0, 0.05) is 18.3 Å². The first-order valence-corrected chi connectivity index (χ1v) is 5.43. The Bertz CT molecular complexity index is 320. The van der Waals surface area contributed by atoms with Gasteiger partial charge in [0.25, 0.3) is 0 Å². The van der Waals surface area contributed by atoms with Gasteiger partial charge in [0.15, 0.2) is 0 Å². The number of nitrogens with one attached hydrogen (secondary N) is 1. The van der Waals surface area contributed by atoms with Gasteiger partial charge in [0.2, 0.25) is 0 Å². The number of rotatable bonds is 2. The minimum Gasteiger partial charge on any atom is -0.385 e. The molecule has 2 heteroatoms. The molecule has 0 aliphatic carbocycles. The van der Waals surface area contributed by atoms with Gasteiger partial charge < -0.3 is 11.1 Å². The molecule has 0 aromatic heterocycles. The second-order valence-corrected chi connectivity index (χ2v) is 3.96. The molecule has 0 spiro atoms. The number of fused-ring (bicyclic) bond motifs is 1. The molecular formula is C12H18N2. The Kier molecular flexibility index (Phi) is 2.73. The van der Waals surface area contributed by atoms with Crippen LogP contribution >= 0.6 is 0 Å². The van der Waals surface area contributed by atoms with E-state index in [0.29, 0.717) is 0 Å². The zero-order chi connectivity index (χ0) is 9.97. The van der Waals surface area contributed by atoms with Crippen LogP contribution in [-0.2, 0) is 6.42 Å². The van der Waals surface area contributed by atoms with Crippen molar-refractivity contribution in [3.8, 4) is 0 Å². The Labute approximate surface area is 85.5 Å². The van der Waals surface area contributed by atoms with Crippen molar-refractivity contribution in [1.29, 1.82) is 0 Å². The van der Waals surface area contributed by atoms with E-state index in [1.54, 1.807) is 0 Å². The van der Waals surface area contributed by atoms with Crippen LogP contribution in [-0.4, -0.2) is 6.54 Å². The summed E-state index contributed by atoms with van der Waals surface area (Å²) < 4.78 is 0. The lowest BCUT2D eigenvalue weighted by atomic mass is 9.98. The van der Waals surface area contributed by atoms with Crippen LogP contribution in [0.2, 0.25) is 0 Å². The van der Waals surface area contributed by atoms with E-state index >= 15 is 0 Å². The lowest BCUT2D eigenvalue weighted by Gasteiger charge is -2.20. The molecule has 2 nitrogen and oxygen atoms in total. The van der Waals surface area contributed by atoms with Crippen molar-refractivity contribution in [2.75, 3.05) is 11.9 Å². The largest absolute Gasteiger partial charge is 0.385 e. The molecule has 0 radical (unpaired) electrons. The quantitative estimate of drug-likeness (QED) is 0.751. The maximum absolute atomic E-state index is 6.00. The lowest BCUT2D eigenvalue weighted by molar-refractivity contribution is 0.697. The van der Waals surface area contributed by atoms with Gasteiger partial charge in [0.1, 0.15) is 0 Å². The highest BCUT2D eigenvalue weighted by Gasteiger charge is 2.10. The van der Waals surface area contributed by atoms with Crippen molar-refractivity contribution in [2.45, 2.75) is 32.2 Å². The second-order valence-electron chi connectivity index (χ2n) is 3.96. The van der Waals surface area contributed by atoms with Gasteiger partial charge in [-0.1, -0.05) is 19.1 Å². The average Bonchev–Trinajstić information content (AvgIpc) is 2.27. The van der Waals surface area contributed by atoms with E-state index in [0.717, 1.165) is 13.0 Å². The number of hydrogen-bond donors (Lipinski definition) is 2. The maximum atomic E-state index is 6.00. The number of anilines is 1. The van der Waals surface area contributed by atoms with Crippen LogP contribution in [0.25, 0.3) is 0 Å². The van der Waals surface area contributed by atoms with Gasteiger partial charge in [-0.15, -0.1) is 0 Å². The summed E-state index contributed by atoms with van der Waals surface area (Å²) in [6.45, 7) is 3.22. The standard InChI is InChI=1S/C12H18N2/c1-2-11(13)10-6-5-9-4-3-7-14-12(9)8-10/h5-6,8,11,14H,2-4,7,13H2,1H3. The van der Waals surface area contributed by atoms with Gasteiger partial charge >= 0.3 is 0 Å². The SMILES string of the molecule is CCC(N)c1ccc2c(c1)NCCC2. The highest BCUT2D eigenvalue weighted by Crippen LogP contribution is 2.25. The summed E-state index contributed by atoms with van der Waals surface area (Å²) in [6, 6.07) is 6.78. The summed E-state index contributed by atoms with van der Waals surface area (Å²) in [5, 5.41) is 3.43. The predicted molar refractivity (Wildman–Crippen MR) is 60.5 cm³/mol. The van der Waals surface area contributed by atoms with E-state index < -0.39 is 0 Å². The van der Waals surface area contributed by atoms with E-state index in [1.807, 2.05) is 0 Å². The van der Waals surface area contributed by atoms with Crippen molar-refractivity contribution in [3.05, 3.63) is 29.3 Å². The van der Waals surface area contributed by atoms with Gasteiger partial charge in [-0.3, -0.25) is 0 Å². The van der Waals surface area contributed by atoms with Crippen LogP contribution in [0.4, 0.5) is 5.69 Å². The fraction of sp³-hybridized carbons (Fsp3) is 0.500. The minimum atomic E-state index is 0.184. The normalized spacial score (nSPS) is 17.0. The molecule has 0 saturated heterocycles. The molecule has 3 N–H and O–H groups in total. The molecule has 1 heterocycles. The van der Waals surface area contributed by atoms with Crippen LogP contribution in [0.5, 0.6) is 0 Å². The Morgan fingerprint density at radius 1 is 1.50 bits per heavy atom. The number of nitrogens with two attached hydrogens (primary N) is 1. The molecule has 1 unspecified atom stereocenters. The molecule has 1 aliphatic heterocycles. The molecule has 1 aliphatic rings. The third-order valence-electron chi connectivity index (χ3n) is 2.94. The van der Waals surface area contributed by atoms with Crippen molar-refractivity contribution in [3.63, 3.8) is 0 Å². The molecule has 0 bridgehead atoms. The van der Waals surface area contributed by atoms with Crippen LogP contribution in [0.15, 0.2) is 18.2 Å². The Balaban J connectivity index is 2.29. The molecule has 0 saturated carbocycles. The van der Waals surface area contributed by atoms with Gasteiger partial charge in [-0.25, -0.2) is 0 Å². The summed E-state index contributed by atoms with van der Waals surface area (Å²) in [7, 11) is 0. The summed E-state index contributed by atoms with van der Waals surface area (Å²) in [5.74, 6) is 0. The zero-order valence-electron chi connectivity index (χ0n) is 8.72. The molecule has 14 heavy (non-hydrogen) atoms. The molecule has 1 aromatic rings. The lowest BCUT2D eigenvalue weighted by Crippen LogP contribution is -2.14. The molecular weight excluding hydrogens is 172 g/mol. The summed E-state index contributed by atoms with van der Waals surface area (Å²) >= 11 is 0. The first-order valence-electron chi connectivity index (χ1n) is 5.43. The number of hydrogen-bond acceptors (Lipinski definition) is 2. The fourth-order valence-corrected chi connectivity index (χ4v) is 1.94. The van der Waals surface area contributed by atoms with Gasteiger partial charge in [-0.05, 0) is 36.5 Å². The first-order chi connectivity index (χ1) is 6.81. The monoisotopic (exact) mass is 190 g/mol. The molecule has 0 fully saturated rings. The second kappa shape index (κ2) is 4.01. The summed E-state index contributed by atoms with van der Waals surface area (Å²) in [6.07, 6.45) is 3.44. The van der Waals surface area contributed by atoms with Crippen LogP contribution < -0.4 is 11.1 Å². The Morgan fingerprint density at radius 3 is 3.14 bits per heavy atom. The van der Waals surface area contributed by atoms with Crippen LogP contribution in [0.1, 0.15) is 36.9 Å². The number of aryl methyl sites for hydroxylation is 1. The molecule has 1 atom stereocenters. The third kappa shape index (κ3) is 1.75. The topological polar surface area (TPSA) is 38.0 Å². The smallest absolute Gasteiger partial charge is 0.0376 e. The minimum absolute atomic E-state index is 0.184. The maximum Gasteiger partial charge on any atom is 0.0376 e. The molecule has 1 aromatic carbocycles. The van der Waals surface area contributed by atoms with E-state index in [-0.39, 0.29) is 6.04 Å². The zero-order valence-corrected chi connectivity index (χ0v) is 8.72. The van der Waals surface area contributed by atoms with Crippen LogP contribution in [0.3, 0.4) is 0 Å². The van der Waals surface area contributed by atoms with Gasteiger partial charge in [0.05, 0.1) is 0 Å². The van der Waals surface area contributed by atoms with E-state index in [1.165, 1.54) is 29.7 Å². The highest BCUT2D eigenvalue weighted by molar-refractivity contribution is 5.55. The van der Waals surface area contributed by atoms with Crippen LogP contribution in [0, 0.1) is 0 Å². The summed E-state index contributed by atoms with van der Waals surface area (Å²) in [4.78, 5) is 0. The van der Waals surface area contributed by atoms with Crippen molar-refractivity contribution >= 4 is 5.69 Å². The fourth-order valence-electron chi connectivity index (χ4n) is 1.94. The van der Waals surface area contributed by atoms with E-state index in [9.17, 15) is 0 Å². The Hall–Kier alpha value is -1.02. The predicted octanol–water partition coefficient (Wildman–Crippen LogP) is 2.45. The van der Waals surface area contributed by atoms with E-state index in [2.05, 4.69) is 30.4 Å². The average molecular weight is 190 g/mol. The van der Waals surface area contributed by atoms with E-state index in [4.69, 9.17) is 5.73 Å². The molecule has 76 valence electrons. The summed E-state index contributed by atoms with van der Waals surface area (Å²) in [5.41, 5.74) is 9.97. The van der Waals surface area contributed by atoms with Gasteiger partial charge in [-0.2, -0.15) is 0 Å². The van der Waals surface area contributed by atoms with Crippen molar-refractivity contribution in [2.24, 2.45) is 5.73 Å². The molecule has 0 amide bonds. The third-order valence-corrected chi connectivity index (χ3v) is 2.94. The van der Waals surface area contributed by atoms with Crippen molar-refractivity contribution in [1.82, 2.24) is 0 Å². The highest BCUT2D eigenvalue weighted by atomic mass is 14.9. The first kappa shape index (κ1) is 9.53.